The van der Waals surface area contributed by atoms with Crippen LogP contribution in [0.5, 0.6) is 17.2 Å². The molecule has 1 aliphatic heterocycles. The van der Waals surface area contributed by atoms with Crippen molar-refractivity contribution >= 4 is 24.0 Å². The largest absolute Gasteiger partial charge is 0.493 e. The number of benzene rings is 1. The van der Waals surface area contributed by atoms with Crippen molar-refractivity contribution in [1.29, 1.82) is 0 Å². The van der Waals surface area contributed by atoms with Gasteiger partial charge in [0.1, 0.15) is 17.1 Å². The summed E-state index contributed by atoms with van der Waals surface area (Å²) in [6.45, 7) is 5.55. The molecule has 0 atom stereocenters. The topological polar surface area (TPSA) is 117 Å². The molecule has 33 heavy (non-hydrogen) atoms. The van der Waals surface area contributed by atoms with Crippen LogP contribution >= 0.6 is 0 Å². The number of furan rings is 1. The van der Waals surface area contributed by atoms with Gasteiger partial charge in [-0.05, 0) is 56.7 Å². The maximum absolute atomic E-state index is 12.8. The molecule has 0 aliphatic carbocycles. The van der Waals surface area contributed by atoms with Crippen molar-refractivity contribution in [3.63, 3.8) is 0 Å². The number of urea groups is 1. The number of carbonyl (C=O) groups excluding carboxylic acids is 3. The molecule has 0 bridgehead atoms. The predicted octanol–water partition coefficient (Wildman–Crippen LogP) is 3.35. The van der Waals surface area contributed by atoms with Crippen LogP contribution in [0.25, 0.3) is 6.08 Å². The minimum Gasteiger partial charge on any atom is -0.493 e. The first-order valence-electron chi connectivity index (χ1n) is 10.0. The van der Waals surface area contributed by atoms with E-state index in [4.69, 9.17) is 18.6 Å². The van der Waals surface area contributed by atoms with E-state index < -0.39 is 23.5 Å². The Labute approximate surface area is 191 Å². The Morgan fingerprint density at radius 3 is 2.27 bits per heavy atom. The van der Waals surface area contributed by atoms with Crippen molar-refractivity contribution in [3.05, 3.63) is 47.0 Å². The fourth-order valence-electron chi connectivity index (χ4n) is 3.10. The third-order valence-corrected chi connectivity index (χ3v) is 4.53. The van der Waals surface area contributed by atoms with E-state index in [2.05, 4.69) is 10.1 Å². The van der Waals surface area contributed by atoms with Gasteiger partial charge in [0.05, 0.1) is 27.9 Å². The quantitative estimate of drug-likeness (QED) is 0.381. The lowest BCUT2D eigenvalue weighted by Crippen LogP contribution is -2.30. The highest BCUT2D eigenvalue weighted by atomic mass is 16.6. The number of hydrogen-bond donors (Lipinski definition) is 1. The number of nitrogens with zero attached hydrogens (tertiary/aromatic N) is 1. The zero-order valence-electron chi connectivity index (χ0n) is 19.3. The fraction of sp³-hybridized carbons (Fsp3) is 0.348. The highest BCUT2D eigenvalue weighted by Crippen LogP contribution is 2.41. The Hall–Kier alpha value is -3.95. The number of rotatable bonds is 7. The van der Waals surface area contributed by atoms with E-state index in [1.54, 1.807) is 12.1 Å². The summed E-state index contributed by atoms with van der Waals surface area (Å²) in [6, 6.07) is 5.64. The normalized spacial score (nSPS) is 15.0. The Bertz CT molecular complexity index is 1080. The molecule has 1 saturated heterocycles. The van der Waals surface area contributed by atoms with Crippen LogP contribution in [0.2, 0.25) is 0 Å². The third kappa shape index (κ3) is 5.28. The van der Waals surface area contributed by atoms with Gasteiger partial charge in [-0.2, -0.15) is 0 Å². The van der Waals surface area contributed by atoms with Gasteiger partial charge in [-0.3, -0.25) is 9.69 Å². The van der Waals surface area contributed by atoms with Crippen molar-refractivity contribution in [2.24, 2.45) is 0 Å². The summed E-state index contributed by atoms with van der Waals surface area (Å²) < 4.78 is 26.8. The average Bonchev–Trinajstić information content (AvgIpc) is 3.33. The van der Waals surface area contributed by atoms with Gasteiger partial charge >= 0.3 is 12.0 Å². The van der Waals surface area contributed by atoms with Crippen molar-refractivity contribution in [3.8, 4) is 17.2 Å². The minimum atomic E-state index is -0.652. The molecule has 1 aromatic carbocycles. The maximum Gasteiger partial charge on any atom is 0.373 e. The van der Waals surface area contributed by atoms with Gasteiger partial charge in [0, 0.05) is 0 Å². The van der Waals surface area contributed by atoms with E-state index in [0.29, 0.717) is 22.8 Å². The zero-order chi connectivity index (χ0) is 24.3. The van der Waals surface area contributed by atoms with Crippen LogP contribution in [0.1, 0.15) is 42.6 Å². The lowest BCUT2D eigenvalue weighted by atomic mass is 10.1. The number of amides is 3. The zero-order valence-corrected chi connectivity index (χ0v) is 19.3. The van der Waals surface area contributed by atoms with Crippen LogP contribution < -0.4 is 19.5 Å². The van der Waals surface area contributed by atoms with Crippen LogP contribution in [0.4, 0.5) is 4.79 Å². The molecule has 0 spiro atoms. The van der Waals surface area contributed by atoms with Gasteiger partial charge < -0.3 is 28.7 Å². The number of carbonyl (C=O) groups is 3. The summed E-state index contributed by atoms with van der Waals surface area (Å²) in [5.41, 5.74) is 0.130. The van der Waals surface area contributed by atoms with Gasteiger partial charge in [0.15, 0.2) is 11.5 Å². The molecule has 1 aliphatic rings. The van der Waals surface area contributed by atoms with Crippen LogP contribution in [0.3, 0.4) is 0 Å². The van der Waals surface area contributed by atoms with E-state index in [1.165, 1.54) is 39.5 Å². The highest BCUT2D eigenvalue weighted by molar-refractivity contribution is 6.13. The molecule has 0 saturated carbocycles. The van der Waals surface area contributed by atoms with Gasteiger partial charge in [-0.1, -0.05) is 0 Å². The maximum atomic E-state index is 12.8. The van der Waals surface area contributed by atoms with Crippen molar-refractivity contribution < 1.29 is 37.7 Å². The Balaban J connectivity index is 1.86. The number of nitrogens with one attached hydrogen (secondary N) is 1. The molecule has 1 fully saturated rings. The number of esters is 1. The minimum absolute atomic E-state index is 0.0212. The molecule has 1 N–H and O–H groups in total. The molecule has 3 rings (SSSR count). The highest BCUT2D eigenvalue weighted by Gasteiger charge is 2.34. The van der Waals surface area contributed by atoms with Crippen molar-refractivity contribution in [1.82, 2.24) is 10.2 Å². The Morgan fingerprint density at radius 2 is 1.73 bits per heavy atom. The predicted molar refractivity (Wildman–Crippen MR) is 117 cm³/mol. The summed E-state index contributed by atoms with van der Waals surface area (Å²) in [6.07, 6.45) is 1.51. The lowest BCUT2D eigenvalue weighted by Gasteiger charge is -2.24. The van der Waals surface area contributed by atoms with Gasteiger partial charge in [-0.15, -0.1) is 0 Å². The summed E-state index contributed by atoms with van der Waals surface area (Å²) in [4.78, 5) is 37.7. The second kappa shape index (κ2) is 9.27. The fourth-order valence-corrected chi connectivity index (χ4v) is 3.10. The second-order valence-corrected chi connectivity index (χ2v) is 8.11. The average molecular weight is 458 g/mol. The molecule has 0 radical (unpaired) electrons. The van der Waals surface area contributed by atoms with E-state index >= 15 is 0 Å². The van der Waals surface area contributed by atoms with E-state index in [-0.39, 0.29) is 23.8 Å². The number of hydrogen-bond acceptors (Lipinski definition) is 8. The van der Waals surface area contributed by atoms with Crippen LogP contribution in [-0.2, 0) is 16.1 Å². The van der Waals surface area contributed by atoms with Crippen LogP contribution in [-0.4, -0.2) is 49.7 Å². The molecule has 3 amide bonds. The molecular weight excluding hydrogens is 432 g/mol. The number of methoxy groups -OCH3 is 3. The van der Waals surface area contributed by atoms with E-state index in [1.807, 2.05) is 20.8 Å². The third-order valence-electron chi connectivity index (χ3n) is 4.53. The lowest BCUT2D eigenvalue weighted by molar-refractivity contribution is -0.123. The number of ether oxygens (including phenoxy) is 4. The first kappa shape index (κ1) is 23.7. The summed E-state index contributed by atoms with van der Waals surface area (Å²) >= 11 is 0. The monoisotopic (exact) mass is 458 g/mol. The molecule has 0 unspecified atom stereocenters. The molecule has 10 nitrogen and oxygen atoms in total. The SMILES string of the molecule is COC(=O)c1ccc(CN2C(=O)N/C(=C\c3cc(OC)c(OC(C)(C)C)c(OC)c3)C2=O)o1. The standard InChI is InChI=1S/C23H26N2O8/c1-23(2,3)33-19-17(29-4)10-13(11-18(19)30-5)9-15-20(26)25(22(28)24-15)12-14-7-8-16(32-14)21(27)31-6/h7-11H,12H2,1-6H3,(H,24,28)/b15-9-. The summed E-state index contributed by atoms with van der Waals surface area (Å²) in [5, 5.41) is 2.54. The van der Waals surface area contributed by atoms with Crippen LogP contribution in [0.15, 0.2) is 34.4 Å². The van der Waals surface area contributed by atoms with E-state index in [9.17, 15) is 14.4 Å². The summed E-state index contributed by atoms with van der Waals surface area (Å²) in [5.74, 6) is 0.285. The molecule has 1 aromatic heterocycles. The smallest absolute Gasteiger partial charge is 0.373 e. The Morgan fingerprint density at radius 1 is 1.09 bits per heavy atom. The first-order chi connectivity index (χ1) is 15.6. The first-order valence-corrected chi connectivity index (χ1v) is 10.0. The van der Waals surface area contributed by atoms with Crippen LogP contribution in [0, 0.1) is 0 Å². The van der Waals surface area contributed by atoms with Crippen molar-refractivity contribution in [2.45, 2.75) is 32.9 Å². The van der Waals surface area contributed by atoms with Gasteiger partial charge in [0.25, 0.3) is 5.91 Å². The van der Waals surface area contributed by atoms with Gasteiger partial charge in [0.2, 0.25) is 11.5 Å². The second-order valence-electron chi connectivity index (χ2n) is 8.11. The van der Waals surface area contributed by atoms with Crippen molar-refractivity contribution in [2.75, 3.05) is 21.3 Å². The molecule has 10 heteroatoms. The van der Waals surface area contributed by atoms with Gasteiger partial charge in [-0.25, -0.2) is 9.59 Å². The molecule has 176 valence electrons. The number of imide groups is 1. The van der Waals surface area contributed by atoms with E-state index in [0.717, 1.165) is 4.90 Å². The molecule has 2 heterocycles. The Kier molecular flexibility index (Phi) is 6.66. The molecular formula is C23H26N2O8. The molecule has 2 aromatic rings. The summed E-state index contributed by atoms with van der Waals surface area (Å²) in [7, 11) is 4.22.